The second kappa shape index (κ2) is 7.72. The highest BCUT2D eigenvalue weighted by Gasteiger charge is 2.14. The van der Waals surface area contributed by atoms with Crippen LogP contribution >= 0.6 is 22.7 Å². The number of nitrogens with one attached hydrogen (secondary N) is 2. The van der Waals surface area contributed by atoms with Gasteiger partial charge in [-0.1, -0.05) is 54.6 Å². The lowest BCUT2D eigenvalue weighted by Gasteiger charge is -1.98. The quantitative estimate of drug-likeness (QED) is 0.286. The summed E-state index contributed by atoms with van der Waals surface area (Å²) in [4.78, 5) is 11.6. The number of H-pyrrole nitrogens is 2. The maximum absolute atomic E-state index is 4.75. The second-order valence-corrected chi connectivity index (χ2v) is 10.1. The molecule has 0 bridgehead atoms. The Labute approximate surface area is 202 Å². The Morgan fingerprint density at radius 2 is 1.03 bits per heavy atom. The van der Waals surface area contributed by atoms with Gasteiger partial charge < -0.3 is 0 Å². The van der Waals surface area contributed by atoms with Gasteiger partial charge in [-0.25, -0.2) is 9.97 Å². The van der Waals surface area contributed by atoms with Crippen LogP contribution in [0.15, 0.2) is 84.9 Å². The van der Waals surface area contributed by atoms with Crippen molar-refractivity contribution >= 4 is 42.8 Å². The molecule has 0 radical (unpaired) electrons. The number of hydrogen-bond donors (Lipinski definition) is 2. The average Bonchev–Trinajstić information content (AvgIpc) is 3.67. The highest BCUT2D eigenvalue weighted by atomic mass is 32.1. The van der Waals surface area contributed by atoms with Crippen LogP contribution < -0.4 is 0 Å². The van der Waals surface area contributed by atoms with E-state index in [9.17, 15) is 0 Å². The van der Waals surface area contributed by atoms with Gasteiger partial charge in [-0.15, -0.1) is 22.7 Å². The SMILES string of the molecule is c1cc(-c2n[nH]c(-c3cc4ccccc4s3)n2)cc(-c2n[nH]c(-c3cc4ccccc4s3)n2)c1. The van der Waals surface area contributed by atoms with E-state index in [1.54, 1.807) is 22.7 Å². The highest BCUT2D eigenvalue weighted by molar-refractivity contribution is 7.22. The zero-order chi connectivity index (χ0) is 22.5. The third-order valence-corrected chi connectivity index (χ3v) is 7.91. The van der Waals surface area contributed by atoms with E-state index < -0.39 is 0 Å². The van der Waals surface area contributed by atoms with E-state index in [-0.39, 0.29) is 0 Å². The summed E-state index contributed by atoms with van der Waals surface area (Å²) in [7, 11) is 0. The first kappa shape index (κ1) is 19.3. The molecule has 34 heavy (non-hydrogen) atoms. The summed E-state index contributed by atoms with van der Waals surface area (Å²) < 4.78 is 2.47. The minimum atomic E-state index is 0.648. The van der Waals surface area contributed by atoms with Gasteiger partial charge in [0, 0.05) is 20.5 Å². The second-order valence-electron chi connectivity index (χ2n) is 7.89. The topological polar surface area (TPSA) is 83.1 Å². The van der Waals surface area contributed by atoms with Crippen molar-refractivity contribution in [3.63, 3.8) is 0 Å². The molecule has 0 aliphatic heterocycles. The van der Waals surface area contributed by atoms with Crippen molar-refractivity contribution in [2.24, 2.45) is 0 Å². The fourth-order valence-corrected chi connectivity index (χ4v) is 6.00. The van der Waals surface area contributed by atoms with Crippen molar-refractivity contribution in [2.75, 3.05) is 0 Å². The molecule has 4 aromatic heterocycles. The molecule has 0 amide bonds. The van der Waals surface area contributed by atoms with Crippen LogP contribution in [0, 0.1) is 0 Å². The summed E-state index contributed by atoms with van der Waals surface area (Å²) in [6.07, 6.45) is 0. The largest absolute Gasteiger partial charge is 0.258 e. The molecule has 2 N–H and O–H groups in total. The first-order chi connectivity index (χ1) is 16.8. The Kier molecular flexibility index (Phi) is 4.39. The first-order valence-electron chi connectivity index (χ1n) is 10.7. The third-order valence-electron chi connectivity index (χ3n) is 5.67. The molecule has 7 aromatic rings. The van der Waals surface area contributed by atoms with Gasteiger partial charge in [0.25, 0.3) is 0 Å². The molecule has 0 spiro atoms. The zero-order valence-electron chi connectivity index (χ0n) is 17.7. The molecular weight excluding hydrogens is 460 g/mol. The van der Waals surface area contributed by atoms with E-state index in [0.717, 1.165) is 32.5 Å². The molecule has 0 aliphatic carbocycles. The summed E-state index contributed by atoms with van der Waals surface area (Å²) in [6, 6.07) is 28.9. The Morgan fingerprint density at radius 1 is 0.529 bits per heavy atom. The normalized spacial score (nSPS) is 11.5. The highest BCUT2D eigenvalue weighted by Crippen LogP contribution is 2.34. The Balaban J connectivity index is 1.20. The molecular formula is C26H16N6S2. The fraction of sp³-hybridized carbons (Fsp3) is 0. The van der Waals surface area contributed by atoms with Gasteiger partial charge in [-0.2, -0.15) is 10.2 Å². The van der Waals surface area contributed by atoms with E-state index >= 15 is 0 Å². The summed E-state index contributed by atoms with van der Waals surface area (Å²) in [6.45, 7) is 0. The van der Waals surface area contributed by atoms with Gasteiger partial charge >= 0.3 is 0 Å². The minimum absolute atomic E-state index is 0.648. The van der Waals surface area contributed by atoms with Gasteiger partial charge in [0.15, 0.2) is 23.3 Å². The number of fused-ring (bicyclic) bond motifs is 2. The molecule has 4 heterocycles. The van der Waals surface area contributed by atoms with Crippen molar-refractivity contribution in [1.82, 2.24) is 30.4 Å². The summed E-state index contributed by atoms with van der Waals surface area (Å²) in [5, 5.41) is 17.5. The molecule has 0 saturated carbocycles. The number of aromatic nitrogens is 6. The number of nitrogens with zero attached hydrogens (tertiary/aromatic N) is 4. The molecule has 6 nitrogen and oxygen atoms in total. The zero-order valence-corrected chi connectivity index (χ0v) is 19.3. The molecule has 0 saturated heterocycles. The van der Waals surface area contributed by atoms with Crippen molar-refractivity contribution < 1.29 is 0 Å². The minimum Gasteiger partial charge on any atom is -0.258 e. The first-order valence-corrected chi connectivity index (χ1v) is 12.4. The van der Waals surface area contributed by atoms with Crippen molar-refractivity contribution in [3.8, 4) is 44.2 Å². The van der Waals surface area contributed by atoms with Crippen LogP contribution in [-0.4, -0.2) is 30.4 Å². The van der Waals surface area contributed by atoms with Gasteiger partial charge in [-0.05, 0) is 41.1 Å². The number of hydrogen-bond acceptors (Lipinski definition) is 6. The predicted molar refractivity (Wildman–Crippen MR) is 139 cm³/mol. The standard InChI is InChI=1S/C26H16N6S2/c1-3-10-19-15(6-1)13-21(33-19)25-27-23(29-31-25)17-8-5-9-18(12-17)24-28-26(32-30-24)22-14-16-7-2-4-11-20(16)34-22/h1-14H,(H,27,29,31)(H,28,30,32). The third kappa shape index (κ3) is 3.32. The number of thiophene rings is 2. The van der Waals surface area contributed by atoms with Gasteiger partial charge in [0.1, 0.15) is 0 Å². The summed E-state index contributed by atoms with van der Waals surface area (Å²) in [5.74, 6) is 2.84. The lowest BCUT2D eigenvalue weighted by molar-refractivity contribution is 1.10. The van der Waals surface area contributed by atoms with Crippen LogP contribution in [0.5, 0.6) is 0 Å². The molecule has 7 rings (SSSR count). The van der Waals surface area contributed by atoms with Crippen molar-refractivity contribution in [1.29, 1.82) is 0 Å². The van der Waals surface area contributed by atoms with Crippen LogP contribution in [-0.2, 0) is 0 Å². The van der Waals surface area contributed by atoms with E-state index in [0.29, 0.717) is 11.6 Å². The smallest absolute Gasteiger partial charge is 0.181 e. The van der Waals surface area contributed by atoms with Crippen LogP contribution in [0.1, 0.15) is 0 Å². The summed E-state index contributed by atoms with van der Waals surface area (Å²) >= 11 is 3.41. The van der Waals surface area contributed by atoms with Gasteiger partial charge in [0.05, 0.1) is 9.75 Å². The molecule has 0 fully saturated rings. The Bertz CT molecular complexity index is 1590. The maximum atomic E-state index is 4.75. The lowest BCUT2D eigenvalue weighted by atomic mass is 10.1. The van der Waals surface area contributed by atoms with Gasteiger partial charge in [0.2, 0.25) is 0 Å². The molecule has 0 atom stereocenters. The summed E-state index contributed by atoms with van der Waals surface area (Å²) in [5.41, 5.74) is 1.82. The van der Waals surface area contributed by atoms with Crippen LogP contribution in [0.25, 0.3) is 64.4 Å². The van der Waals surface area contributed by atoms with Crippen LogP contribution in [0.3, 0.4) is 0 Å². The van der Waals surface area contributed by atoms with E-state index in [4.69, 9.17) is 9.97 Å². The van der Waals surface area contributed by atoms with Gasteiger partial charge in [-0.3, -0.25) is 10.2 Å². The van der Waals surface area contributed by atoms with E-state index in [1.807, 2.05) is 36.4 Å². The number of rotatable bonds is 4. The van der Waals surface area contributed by atoms with Crippen LogP contribution in [0.2, 0.25) is 0 Å². The molecule has 3 aromatic carbocycles. The number of benzene rings is 3. The number of aromatic amines is 2. The maximum Gasteiger partial charge on any atom is 0.181 e. The Morgan fingerprint density at radius 3 is 1.53 bits per heavy atom. The van der Waals surface area contributed by atoms with E-state index in [2.05, 4.69) is 68.9 Å². The fourth-order valence-electron chi connectivity index (χ4n) is 4.00. The molecule has 0 unspecified atom stereocenters. The van der Waals surface area contributed by atoms with Crippen molar-refractivity contribution in [2.45, 2.75) is 0 Å². The van der Waals surface area contributed by atoms with E-state index in [1.165, 1.54) is 20.2 Å². The monoisotopic (exact) mass is 476 g/mol. The van der Waals surface area contributed by atoms with Crippen molar-refractivity contribution in [3.05, 3.63) is 84.9 Å². The predicted octanol–water partition coefficient (Wildman–Crippen LogP) is 7.02. The van der Waals surface area contributed by atoms with Crippen LogP contribution in [0.4, 0.5) is 0 Å². The average molecular weight is 477 g/mol. The molecule has 0 aliphatic rings. The Hall–Kier alpha value is -4.14. The lowest BCUT2D eigenvalue weighted by Crippen LogP contribution is -1.85. The molecule has 162 valence electrons. The molecule has 8 heteroatoms.